The second kappa shape index (κ2) is 6.73. The Morgan fingerprint density at radius 1 is 1.11 bits per heavy atom. The maximum absolute atomic E-state index is 7.86. The molecule has 0 amide bonds. The predicted molar refractivity (Wildman–Crippen MR) is 115 cm³/mol. The van der Waals surface area contributed by atoms with Gasteiger partial charge in [-0.2, -0.15) is 0 Å². The third-order valence-corrected chi connectivity index (χ3v) is 4.96. The first-order valence-electron chi connectivity index (χ1n) is 13.7. The molecule has 1 aromatic carbocycles. The summed E-state index contributed by atoms with van der Waals surface area (Å²) >= 11 is 0. The Hall–Kier alpha value is -2.68. The third-order valence-electron chi connectivity index (χ3n) is 4.96. The van der Waals surface area contributed by atoms with Crippen LogP contribution >= 0.6 is 0 Å². The van der Waals surface area contributed by atoms with Crippen molar-refractivity contribution in [1.29, 1.82) is 0 Å². The van der Waals surface area contributed by atoms with E-state index in [-0.39, 0.29) is 12.8 Å². The van der Waals surface area contributed by atoms with Gasteiger partial charge in [-0.15, -0.1) is 0 Å². The minimum atomic E-state index is -2.71. The smallest absolute Gasteiger partial charge is 0.227 e. The Balaban J connectivity index is 1.83. The van der Waals surface area contributed by atoms with Gasteiger partial charge in [-0.1, -0.05) is 39.6 Å². The molecule has 0 saturated carbocycles. The molecule has 0 unspecified atom stereocenters. The van der Waals surface area contributed by atoms with Crippen LogP contribution < -0.4 is 4.57 Å². The molecule has 28 heavy (non-hydrogen) atoms. The molecule has 3 nitrogen and oxygen atoms in total. The number of pyridine rings is 2. The number of nitrogens with zero attached hydrogens (tertiary/aromatic N) is 2. The lowest BCUT2D eigenvalue weighted by molar-refractivity contribution is -0.660. The molecular formula is C25H29N2O+. The highest BCUT2D eigenvalue weighted by molar-refractivity contribution is 6.08. The van der Waals surface area contributed by atoms with Gasteiger partial charge < -0.3 is 4.42 Å². The standard InChI is InChI=1S/C25H29N2O/c1-7-17-9-13-21(27(6)15-17)22-16(2)8-11-19-20-12-10-18(14-25(3,4)5)26-24(20)28-23(19)22/h8-13,15H,7,14H2,1-6H3/q+1/i1D3,3D3,4D3. The number of hydrogen-bond acceptors (Lipinski definition) is 2. The number of rotatable bonds is 3. The SMILES string of the molecule is [2H]C([2H])([2H])Cc1ccc(-c2c(C)ccc3c2oc2nc(CC(C)(C([2H])([2H])[2H])C([2H])([2H])[2H])ccc23)[n+](C)c1. The van der Waals surface area contributed by atoms with Crippen LogP contribution in [0.15, 0.2) is 47.0 Å². The average Bonchev–Trinajstić information content (AvgIpc) is 3.09. The van der Waals surface area contributed by atoms with Crippen LogP contribution in [0.4, 0.5) is 0 Å². The van der Waals surface area contributed by atoms with E-state index in [1.54, 1.807) is 24.4 Å². The molecule has 144 valence electrons. The number of hydrogen-bond donors (Lipinski definition) is 0. The van der Waals surface area contributed by atoms with Crippen molar-refractivity contribution in [3.05, 3.63) is 59.4 Å². The lowest BCUT2D eigenvalue weighted by atomic mass is 9.90. The van der Waals surface area contributed by atoms with Crippen molar-refractivity contribution in [3.8, 4) is 11.3 Å². The molecule has 0 atom stereocenters. The molecular weight excluding hydrogens is 344 g/mol. The maximum atomic E-state index is 7.86. The predicted octanol–water partition coefficient (Wildman–Crippen LogP) is 5.93. The zero-order valence-corrected chi connectivity index (χ0v) is 16.3. The molecule has 0 aliphatic carbocycles. The van der Waals surface area contributed by atoms with Gasteiger partial charge >= 0.3 is 0 Å². The van der Waals surface area contributed by atoms with Gasteiger partial charge in [-0.25, -0.2) is 9.55 Å². The van der Waals surface area contributed by atoms with Crippen LogP contribution in [0.25, 0.3) is 33.3 Å². The van der Waals surface area contributed by atoms with E-state index in [0.717, 1.165) is 27.6 Å². The van der Waals surface area contributed by atoms with Gasteiger partial charge in [0.15, 0.2) is 11.8 Å². The Morgan fingerprint density at radius 2 is 1.93 bits per heavy atom. The quantitative estimate of drug-likeness (QED) is 0.411. The van der Waals surface area contributed by atoms with E-state index in [1.807, 2.05) is 36.7 Å². The van der Waals surface area contributed by atoms with Crippen LogP contribution in [0.2, 0.25) is 0 Å². The molecule has 0 N–H and O–H groups in total. The fraction of sp³-hybridized carbons (Fsp3) is 0.360. The summed E-state index contributed by atoms with van der Waals surface area (Å²) in [6.45, 7) is -4.30. The Labute approximate surface area is 179 Å². The minimum Gasteiger partial charge on any atom is -0.437 e. The number of furan rings is 1. The number of aryl methyl sites for hydroxylation is 3. The molecule has 0 spiro atoms. The molecule has 0 fully saturated rings. The first-order valence-corrected chi connectivity index (χ1v) is 9.22. The summed E-state index contributed by atoms with van der Waals surface area (Å²) in [6.07, 6.45) is 1.50. The first-order chi connectivity index (χ1) is 16.9. The topological polar surface area (TPSA) is 29.9 Å². The van der Waals surface area contributed by atoms with Crippen molar-refractivity contribution in [2.24, 2.45) is 12.5 Å². The van der Waals surface area contributed by atoms with E-state index in [4.69, 9.17) is 16.8 Å². The summed E-state index contributed by atoms with van der Waals surface area (Å²) in [4.78, 5) is 4.53. The van der Waals surface area contributed by atoms with Gasteiger partial charge in [0.2, 0.25) is 11.4 Å². The van der Waals surface area contributed by atoms with Crippen molar-refractivity contribution in [2.45, 2.75) is 47.2 Å². The fourth-order valence-corrected chi connectivity index (χ4v) is 3.67. The Kier molecular flexibility index (Phi) is 2.59. The number of benzene rings is 1. The Morgan fingerprint density at radius 3 is 2.68 bits per heavy atom. The second-order valence-corrected chi connectivity index (χ2v) is 7.61. The summed E-state index contributed by atoms with van der Waals surface area (Å²) in [6, 6.07) is 11.0. The van der Waals surface area contributed by atoms with Gasteiger partial charge in [0, 0.05) is 40.4 Å². The third kappa shape index (κ3) is 3.30. The van der Waals surface area contributed by atoms with Crippen molar-refractivity contribution in [3.63, 3.8) is 0 Å². The summed E-state index contributed by atoms with van der Waals surface area (Å²) < 4.78 is 77.9. The molecule has 4 aromatic rings. The molecule has 0 aliphatic heterocycles. The van der Waals surface area contributed by atoms with Gasteiger partial charge in [-0.05, 0) is 48.9 Å². The molecule has 3 aromatic heterocycles. The minimum absolute atomic E-state index is 0.0347. The first kappa shape index (κ1) is 10.8. The lowest BCUT2D eigenvalue weighted by Gasteiger charge is -2.16. The molecule has 4 rings (SSSR count). The Bertz CT molecular complexity index is 1470. The van der Waals surface area contributed by atoms with Crippen LogP contribution in [0.5, 0.6) is 0 Å². The highest BCUT2D eigenvalue weighted by Crippen LogP contribution is 2.36. The van der Waals surface area contributed by atoms with Crippen LogP contribution in [0.3, 0.4) is 0 Å². The molecule has 0 radical (unpaired) electrons. The molecule has 3 heteroatoms. The van der Waals surface area contributed by atoms with Crippen molar-refractivity contribution < 1.29 is 21.3 Å². The lowest BCUT2D eigenvalue weighted by Crippen LogP contribution is -2.31. The largest absolute Gasteiger partial charge is 0.437 e. The summed E-state index contributed by atoms with van der Waals surface area (Å²) in [7, 11) is 1.85. The van der Waals surface area contributed by atoms with Gasteiger partial charge in [0.1, 0.15) is 7.05 Å². The highest BCUT2D eigenvalue weighted by Gasteiger charge is 2.21. The maximum Gasteiger partial charge on any atom is 0.227 e. The van der Waals surface area contributed by atoms with Crippen molar-refractivity contribution in [2.75, 3.05) is 0 Å². The van der Waals surface area contributed by atoms with E-state index in [9.17, 15) is 0 Å². The van der Waals surface area contributed by atoms with Gasteiger partial charge in [0.05, 0.1) is 5.56 Å². The van der Waals surface area contributed by atoms with E-state index >= 15 is 0 Å². The number of fused-ring (bicyclic) bond motifs is 3. The summed E-state index contributed by atoms with van der Waals surface area (Å²) in [5, 5.41) is 1.54. The summed E-state index contributed by atoms with van der Waals surface area (Å²) in [5.74, 6) is 0. The van der Waals surface area contributed by atoms with Crippen LogP contribution in [0, 0.1) is 12.3 Å². The molecule has 0 aliphatic rings. The van der Waals surface area contributed by atoms with E-state index < -0.39 is 26.0 Å². The zero-order chi connectivity index (χ0) is 27.6. The monoisotopic (exact) mass is 382 g/mol. The van der Waals surface area contributed by atoms with E-state index in [2.05, 4.69) is 4.98 Å². The van der Waals surface area contributed by atoms with Gasteiger partial charge in [-0.3, -0.25) is 0 Å². The summed E-state index contributed by atoms with van der Waals surface area (Å²) in [5.41, 5.74) is 2.52. The van der Waals surface area contributed by atoms with Gasteiger partial charge in [0.25, 0.3) is 0 Å². The van der Waals surface area contributed by atoms with Crippen LogP contribution in [0.1, 0.15) is 56.6 Å². The van der Waals surface area contributed by atoms with E-state index in [1.165, 1.54) is 6.92 Å². The van der Waals surface area contributed by atoms with Crippen LogP contribution in [-0.2, 0) is 19.9 Å². The highest BCUT2D eigenvalue weighted by atomic mass is 16.3. The molecule has 0 saturated heterocycles. The van der Waals surface area contributed by atoms with Crippen LogP contribution in [-0.4, -0.2) is 4.98 Å². The molecule has 0 bridgehead atoms. The van der Waals surface area contributed by atoms with Crippen molar-refractivity contribution in [1.82, 2.24) is 4.98 Å². The molecule has 3 heterocycles. The fourth-order valence-electron chi connectivity index (χ4n) is 3.67. The average molecular weight is 383 g/mol. The normalized spacial score (nSPS) is 18.3. The zero-order valence-electron chi connectivity index (χ0n) is 25.3. The van der Waals surface area contributed by atoms with E-state index in [0.29, 0.717) is 22.6 Å². The second-order valence-electron chi connectivity index (χ2n) is 7.61. The van der Waals surface area contributed by atoms with Crippen molar-refractivity contribution >= 4 is 22.1 Å². The number of aromatic nitrogens is 2.